The van der Waals surface area contributed by atoms with E-state index in [9.17, 15) is 9.59 Å². The standard InChI is InChI=1S/C27H23N7O2/c1-34-16-6-10-25(34)27(36)33-32-26(35)21-8-2-3-9-22(21)29-19-11-13-20-23(30-31-24(20)17-19)14-12-18-7-4-5-15-28-18/h2-17,29H,1H3,(H,30,31)(H,32,35)(H,33,36). The number of nitrogens with one attached hydrogen (secondary N) is 4. The molecule has 2 aromatic carbocycles. The molecule has 0 radical (unpaired) electrons. The summed E-state index contributed by atoms with van der Waals surface area (Å²) in [5.74, 6) is -0.843. The number of carbonyl (C=O) groups is 2. The largest absolute Gasteiger partial charge is 0.355 e. The minimum atomic E-state index is -0.440. The van der Waals surface area contributed by atoms with E-state index in [1.807, 2.05) is 54.6 Å². The summed E-state index contributed by atoms with van der Waals surface area (Å²) in [5.41, 5.74) is 9.62. The van der Waals surface area contributed by atoms with E-state index < -0.39 is 11.8 Å². The van der Waals surface area contributed by atoms with Crippen LogP contribution in [0.2, 0.25) is 0 Å². The molecule has 2 amide bonds. The van der Waals surface area contributed by atoms with Crippen molar-refractivity contribution in [1.82, 2.24) is 30.6 Å². The molecule has 3 heterocycles. The van der Waals surface area contributed by atoms with Gasteiger partial charge in [0.15, 0.2) is 0 Å². The van der Waals surface area contributed by atoms with Crippen LogP contribution in [0.15, 0.2) is 85.2 Å². The Morgan fingerprint density at radius 3 is 2.56 bits per heavy atom. The molecule has 36 heavy (non-hydrogen) atoms. The molecule has 0 aliphatic rings. The van der Waals surface area contributed by atoms with Gasteiger partial charge in [0.05, 0.1) is 28.2 Å². The lowest BCUT2D eigenvalue weighted by Crippen LogP contribution is -2.42. The summed E-state index contributed by atoms with van der Waals surface area (Å²) in [6, 6.07) is 22.0. The third kappa shape index (κ3) is 4.85. The fourth-order valence-electron chi connectivity index (χ4n) is 3.77. The third-order valence-corrected chi connectivity index (χ3v) is 5.61. The Hall–Kier alpha value is -5.18. The molecule has 0 fully saturated rings. The molecule has 0 aliphatic heterocycles. The van der Waals surface area contributed by atoms with Gasteiger partial charge in [-0.05, 0) is 66.7 Å². The minimum absolute atomic E-state index is 0.383. The Morgan fingerprint density at radius 1 is 0.917 bits per heavy atom. The third-order valence-electron chi connectivity index (χ3n) is 5.61. The quantitative estimate of drug-likeness (QED) is 0.272. The highest BCUT2D eigenvalue weighted by atomic mass is 16.2. The normalized spacial score (nSPS) is 11.0. The molecule has 9 heteroatoms. The minimum Gasteiger partial charge on any atom is -0.355 e. The van der Waals surface area contributed by atoms with Gasteiger partial charge in [-0.3, -0.25) is 30.5 Å². The number of pyridine rings is 1. The first-order valence-corrected chi connectivity index (χ1v) is 11.2. The van der Waals surface area contributed by atoms with Crippen LogP contribution >= 0.6 is 0 Å². The van der Waals surface area contributed by atoms with Gasteiger partial charge in [-0.2, -0.15) is 5.10 Å². The van der Waals surface area contributed by atoms with Crippen LogP contribution < -0.4 is 16.2 Å². The summed E-state index contributed by atoms with van der Waals surface area (Å²) in [6.45, 7) is 0. The number of para-hydroxylation sites is 1. The summed E-state index contributed by atoms with van der Waals surface area (Å²) < 4.78 is 1.67. The van der Waals surface area contributed by atoms with E-state index >= 15 is 0 Å². The summed E-state index contributed by atoms with van der Waals surface area (Å²) in [6.07, 6.45) is 7.33. The number of H-pyrrole nitrogens is 1. The number of nitrogens with zero attached hydrogens (tertiary/aromatic N) is 3. The zero-order valence-electron chi connectivity index (χ0n) is 19.4. The van der Waals surface area contributed by atoms with Gasteiger partial charge in [0.25, 0.3) is 11.8 Å². The molecule has 0 saturated carbocycles. The number of anilines is 2. The number of rotatable bonds is 6. The first-order chi connectivity index (χ1) is 17.6. The molecular formula is C27H23N7O2. The highest BCUT2D eigenvalue weighted by molar-refractivity contribution is 6.02. The zero-order valence-corrected chi connectivity index (χ0v) is 19.4. The van der Waals surface area contributed by atoms with E-state index in [1.54, 1.807) is 54.3 Å². The van der Waals surface area contributed by atoms with Crippen LogP contribution in [0.1, 0.15) is 32.2 Å². The number of aryl methyl sites for hydroxylation is 1. The van der Waals surface area contributed by atoms with Crippen LogP contribution in [-0.4, -0.2) is 31.6 Å². The Bertz CT molecular complexity index is 1570. The van der Waals surface area contributed by atoms with Crippen LogP contribution in [0.3, 0.4) is 0 Å². The molecule has 3 aromatic heterocycles. The number of aromatic amines is 1. The van der Waals surface area contributed by atoms with E-state index in [-0.39, 0.29) is 0 Å². The molecule has 178 valence electrons. The maximum Gasteiger partial charge on any atom is 0.286 e. The maximum atomic E-state index is 12.8. The summed E-state index contributed by atoms with van der Waals surface area (Å²) in [4.78, 5) is 29.4. The monoisotopic (exact) mass is 477 g/mol. The Kier molecular flexibility index (Phi) is 6.27. The number of hydrazine groups is 1. The van der Waals surface area contributed by atoms with Gasteiger partial charge in [0.1, 0.15) is 5.69 Å². The van der Waals surface area contributed by atoms with Crippen molar-refractivity contribution >= 4 is 46.2 Å². The molecule has 5 aromatic rings. The predicted molar refractivity (Wildman–Crippen MR) is 139 cm³/mol. The molecule has 5 rings (SSSR count). The Morgan fingerprint density at radius 2 is 1.75 bits per heavy atom. The molecule has 0 aliphatic carbocycles. The fourth-order valence-corrected chi connectivity index (χ4v) is 3.77. The van der Waals surface area contributed by atoms with Crippen LogP contribution in [0.25, 0.3) is 23.1 Å². The molecule has 0 atom stereocenters. The molecule has 0 bridgehead atoms. The molecule has 9 nitrogen and oxygen atoms in total. The van der Waals surface area contributed by atoms with Gasteiger partial charge in [-0.15, -0.1) is 0 Å². The van der Waals surface area contributed by atoms with Gasteiger partial charge >= 0.3 is 0 Å². The van der Waals surface area contributed by atoms with Crippen molar-refractivity contribution in [3.05, 3.63) is 108 Å². The topological polar surface area (TPSA) is 117 Å². The zero-order chi connectivity index (χ0) is 24.9. The van der Waals surface area contributed by atoms with Gasteiger partial charge in [0.2, 0.25) is 0 Å². The van der Waals surface area contributed by atoms with E-state index in [0.717, 1.165) is 28.0 Å². The van der Waals surface area contributed by atoms with E-state index in [0.29, 0.717) is 16.9 Å². The maximum absolute atomic E-state index is 12.8. The van der Waals surface area contributed by atoms with Crippen molar-refractivity contribution in [2.75, 3.05) is 5.32 Å². The fraction of sp³-hybridized carbons (Fsp3) is 0.0370. The Balaban J connectivity index is 1.30. The molecule has 0 saturated heterocycles. The second-order valence-electron chi connectivity index (χ2n) is 8.04. The number of fused-ring (bicyclic) bond motifs is 1. The van der Waals surface area contributed by atoms with Gasteiger partial charge in [0, 0.05) is 30.5 Å². The molecule has 0 unspecified atom stereocenters. The SMILES string of the molecule is Cn1cccc1C(=O)NNC(=O)c1ccccc1Nc1ccc2c(C=Cc3ccccn3)n[nH]c2c1. The highest BCUT2D eigenvalue weighted by Crippen LogP contribution is 2.26. The van der Waals surface area contributed by atoms with Gasteiger partial charge in [-0.1, -0.05) is 18.2 Å². The Labute approximate surface area is 206 Å². The van der Waals surface area contributed by atoms with E-state index in [2.05, 4.69) is 31.3 Å². The van der Waals surface area contributed by atoms with Crippen LogP contribution in [-0.2, 0) is 7.05 Å². The first-order valence-electron chi connectivity index (χ1n) is 11.2. The number of hydrogen-bond acceptors (Lipinski definition) is 5. The summed E-state index contributed by atoms with van der Waals surface area (Å²) in [7, 11) is 1.76. The smallest absolute Gasteiger partial charge is 0.286 e. The second kappa shape index (κ2) is 9.98. The average molecular weight is 478 g/mol. The number of carbonyl (C=O) groups excluding carboxylic acids is 2. The van der Waals surface area contributed by atoms with Crippen molar-refractivity contribution in [3.8, 4) is 0 Å². The number of amides is 2. The van der Waals surface area contributed by atoms with E-state index in [1.165, 1.54) is 0 Å². The van der Waals surface area contributed by atoms with Crippen LogP contribution in [0, 0.1) is 0 Å². The van der Waals surface area contributed by atoms with E-state index in [4.69, 9.17) is 0 Å². The molecule has 0 spiro atoms. The number of benzene rings is 2. The molecule has 4 N–H and O–H groups in total. The van der Waals surface area contributed by atoms with Gasteiger partial charge < -0.3 is 9.88 Å². The average Bonchev–Trinajstić information content (AvgIpc) is 3.52. The lowest BCUT2D eigenvalue weighted by atomic mass is 10.1. The van der Waals surface area contributed by atoms with Crippen molar-refractivity contribution in [2.24, 2.45) is 7.05 Å². The van der Waals surface area contributed by atoms with Crippen molar-refractivity contribution in [1.29, 1.82) is 0 Å². The lowest BCUT2D eigenvalue weighted by Gasteiger charge is -2.13. The van der Waals surface area contributed by atoms with Crippen LogP contribution in [0.5, 0.6) is 0 Å². The first kappa shape index (κ1) is 22.6. The summed E-state index contributed by atoms with van der Waals surface area (Å²) in [5, 5.41) is 11.7. The van der Waals surface area contributed by atoms with Crippen molar-refractivity contribution in [2.45, 2.75) is 0 Å². The van der Waals surface area contributed by atoms with Crippen LogP contribution in [0.4, 0.5) is 11.4 Å². The van der Waals surface area contributed by atoms with Crippen molar-refractivity contribution in [3.63, 3.8) is 0 Å². The summed E-state index contributed by atoms with van der Waals surface area (Å²) >= 11 is 0. The lowest BCUT2D eigenvalue weighted by molar-refractivity contribution is 0.0842. The molecular weight excluding hydrogens is 454 g/mol. The second-order valence-corrected chi connectivity index (χ2v) is 8.04. The predicted octanol–water partition coefficient (Wildman–Crippen LogP) is 4.29. The van der Waals surface area contributed by atoms with Gasteiger partial charge in [-0.25, -0.2) is 0 Å². The highest BCUT2D eigenvalue weighted by Gasteiger charge is 2.14. The number of aromatic nitrogens is 4. The van der Waals surface area contributed by atoms with Crippen molar-refractivity contribution < 1.29 is 9.59 Å². The number of hydrogen-bond donors (Lipinski definition) is 4.